The van der Waals surface area contributed by atoms with E-state index in [2.05, 4.69) is 39.7 Å². The van der Waals surface area contributed by atoms with Crippen molar-refractivity contribution < 1.29 is 4.39 Å². The van der Waals surface area contributed by atoms with E-state index in [9.17, 15) is 4.39 Å². The molecule has 0 aliphatic rings. The highest BCUT2D eigenvalue weighted by Crippen LogP contribution is 2.23. The van der Waals surface area contributed by atoms with Crippen LogP contribution in [0.2, 0.25) is 0 Å². The summed E-state index contributed by atoms with van der Waals surface area (Å²) < 4.78 is 14.2. The van der Waals surface area contributed by atoms with E-state index in [1.54, 1.807) is 12.1 Å². The molecule has 5 heteroatoms. The van der Waals surface area contributed by atoms with Crippen LogP contribution in [0.3, 0.4) is 0 Å². The van der Waals surface area contributed by atoms with Gasteiger partial charge in [-0.1, -0.05) is 26.1 Å². The topological polar surface area (TPSA) is 28.7 Å². The monoisotopic (exact) mass is 340 g/mol. The number of H-pyrrole nitrogens is 1. The average molecular weight is 341 g/mol. The van der Waals surface area contributed by atoms with Gasteiger partial charge in [-0.2, -0.15) is 0 Å². The van der Waals surface area contributed by atoms with E-state index in [-0.39, 0.29) is 5.82 Å². The smallest absolute Gasteiger partial charge is 0.139 e. The number of halogens is 2. The molecule has 0 unspecified atom stereocenters. The first kappa shape index (κ1) is 14.3. The van der Waals surface area contributed by atoms with Gasteiger partial charge in [0.25, 0.3) is 0 Å². The normalized spacial score (nSPS) is 11.0. The molecule has 0 saturated carbocycles. The number of aromatic nitrogens is 2. The maximum Gasteiger partial charge on any atom is 0.139 e. The molecule has 1 heterocycles. The van der Waals surface area contributed by atoms with Crippen LogP contribution in [0.1, 0.15) is 19.5 Å². The summed E-state index contributed by atoms with van der Waals surface area (Å²) in [6.45, 7) is 4.29. The van der Waals surface area contributed by atoms with E-state index in [0.717, 1.165) is 17.7 Å². The molecule has 100 valence electrons. The Morgan fingerprint density at radius 3 is 2.74 bits per heavy atom. The number of aromatic amines is 1. The van der Waals surface area contributed by atoms with Crippen molar-refractivity contribution in [3.05, 3.63) is 44.9 Å². The summed E-state index contributed by atoms with van der Waals surface area (Å²) in [5.74, 6) is 0.908. The van der Waals surface area contributed by atoms with E-state index in [0.29, 0.717) is 20.9 Å². The maximum absolute atomic E-state index is 13.2. The van der Waals surface area contributed by atoms with Crippen molar-refractivity contribution in [3.63, 3.8) is 0 Å². The molecule has 19 heavy (non-hydrogen) atoms. The first-order valence-corrected chi connectivity index (χ1v) is 7.21. The molecule has 0 fully saturated rings. The first-order valence-electron chi connectivity index (χ1n) is 6.01. The second-order valence-corrected chi connectivity index (χ2v) is 6.09. The van der Waals surface area contributed by atoms with Crippen molar-refractivity contribution >= 4 is 28.1 Å². The van der Waals surface area contributed by atoms with Crippen molar-refractivity contribution in [2.75, 3.05) is 0 Å². The average Bonchev–Trinajstić information content (AvgIpc) is 2.31. The van der Waals surface area contributed by atoms with Gasteiger partial charge >= 0.3 is 0 Å². The zero-order valence-electron chi connectivity index (χ0n) is 10.7. The van der Waals surface area contributed by atoms with Crippen LogP contribution in [0.15, 0.2) is 28.7 Å². The van der Waals surface area contributed by atoms with Crippen LogP contribution >= 0.6 is 28.1 Å². The van der Waals surface area contributed by atoms with E-state index in [1.165, 1.54) is 6.07 Å². The van der Waals surface area contributed by atoms with Gasteiger partial charge in [-0.05, 0) is 52.5 Å². The molecule has 1 aromatic carbocycles. The summed E-state index contributed by atoms with van der Waals surface area (Å²) in [6.07, 6.45) is 0.904. The second-order valence-electron chi connectivity index (χ2n) is 4.82. The molecule has 0 atom stereocenters. The largest absolute Gasteiger partial charge is 0.343 e. The molecule has 0 aliphatic carbocycles. The maximum atomic E-state index is 13.2. The van der Waals surface area contributed by atoms with Gasteiger partial charge in [0.1, 0.15) is 16.3 Å². The Morgan fingerprint density at radius 1 is 1.37 bits per heavy atom. The number of hydrogen-bond acceptors (Lipinski definition) is 2. The zero-order chi connectivity index (χ0) is 14.0. The van der Waals surface area contributed by atoms with Crippen LogP contribution in [0.4, 0.5) is 4.39 Å². The van der Waals surface area contributed by atoms with Gasteiger partial charge < -0.3 is 4.98 Å². The lowest BCUT2D eigenvalue weighted by Gasteiger charge is -2.08. The predicted octanol–water partition coefficient (Wildman–Crippen LogP) is 4.91. The molecule has 0 bridgehead atoms. The Hall–Kier alpha value is -1.07. The number of nitrogens with one attached hydrogen (secondary N) is 1. The fourth-order valence-corrected chi connectivity index (χ4v) is 2.45. The van der Waals surface area contributed by atoms with E-state index in [1.807, 2.05) is 6.07 Å². The van der Waals surface area contributed by atoms with Gasteiger partial charge in [-0.25, -0.2) is 9.37 Å². The molecule has 2 nitrogen and oxygen atoms in total. The lowest BCUT2D eigenvalue weighted by Crippen LogP contribution is -2.00. The van der Waals surface area contributed by atoms with E-state index >= 15 is 0 Å². The standard InChI is InChI=1S/C14H14BrFN2S/c1-8(2)5-10-7-13(19)18-14(17-10)9-3-4-12(16)11(15)6-9/h3-4,6-8H,5H2,1-2H3,(H,17,18,19). The lowest BCUT2D eigenvalue weighted by molar-refractivity contribution is 0.621. The fraction of sp³-hybridized carbons (Fsp3) is 0.286. The second kappa shape index (κ2) is 5.92. The minimum atomic E-state index is -0.291. The van der Waals surface area contributed by atoms with E-state index in [4.69, 9.17) is 12.2 Å². The third kappa shape index (κ3) is 3.70. The quantitative estimate of drug-likeness (QED) is 0.804. The Balaban J connectivity index is 2.46. The molecular formula is C14H14BrFN2S. The van der Waals surface area contributed by atoms with Gasteiger partial charge in [-0.15, -0.1) is 0 Å². The van der Waals surface area contributed by atoms with Gasteiger partial charge in [-0.3, -0.25) is 0 Å². The van der Waals surface area contributed by atoms with Crippen molar-refractivity contribution in [1.29, 1.82) is 0 Å². The SMILES string of the molecule is CC(C)Cc1cc(=S)nc(-c2ccc(F)c(Br)c2)[nH]1. The molecule has 2 rings (SSSR count). The summed E-state index contributed by atoms with van der Waals surface area (Å²) in [6, 6.07) is 6.67. The molecule has 1 N–H and O–H groups in total. The minimum Gasteiger partial charge on any atom is -0.343 e. The van der Waals surface area contributed by atoms with Gasteiger partial charge in [0.05, 0.1) is 4.47 Å². The highest BCUT2D eigenvalue weighted by Gasteiger charge is 2.07. The van der Waals surface area contributed by atoms with Gasteiger partial charge in [0, 0.05) is 11.3 Å². The van der Waals surface area contributed by atoms with Crippen LogP contribution in [0.25, 0.3) is 11.4 Å². The molecule has 0 spiro atoms. The summed E-state index contributed by atoms with van der Waals surface area (Å²) in [4.78, 5) is 7.56. The van der Waals surface area contributed by atoms with Crippen LogP contribution in [0, 0.1) is 16.4 Å². The highest BCUT2D eigenvalue weighted by atomic mass is 79.9. The summed E-state index contributed by atoms with van der Waals surface area (Å²) in [7, 11) is 0. The van der Waals surface area contributed by atoms with Crippen LogP contribution in [-0.2, 0) is 6.42 Å². The fourth-order valence-electron chi connectivity index (χ4n) is 1.84. The minimum absolute atomic E-state index is 0.291. The summed E-state index contributed by atoms with van der Waals surface area (Å²) in [5.41, 5.74) is 1.86. The molecule has 0 radical (unpaired) electrons. The van der Waals surface area contributed by atoms with Crippen LogP contribution in [-0.4, -0.2) is 9.97 Å². The molecule has 2 aromatic rings. The van der Waals surface area contributed by atoms with Crippen LogP contribution < -0.4 is 0 Å². The molecule has 0 aliphatic heterocycles. The van der Waals surface area contributed by atoms with Crippen molar-refractivity contribution in [3.8, 4) is 11.4 Å². The van der Waals surface area contributed by atoms with Gasteiger partial charge in [0.15, 0.2) is 0 Å². The predicted molar refractivity (Wildman–Crippen MR) is 81.1 cm³/mol. The van der Waals surface area contributed by atoms with E-state index < -0.39 is 0 Å². The number of rotatable bonds is 3. The Labute approximate surface area is 125 Å². The summed E-state index contributed by atoms with van der Waals surface area (Å²) >= 11 is 8.36. The Bertz CT molecular complexity index is 652. The molecule has 0 saturated heterocycles. The molecule has 0 amide bonds. The third-order valence-corrected chi connectivity index (χ3v) is 3.44. The highest BCUT2D eigenvalue weighted by molar-refractivity contribution is 9.10. The van der Waals surface area contributed by atoms with Crippen molar-refractivity contribution in [1.82, 2.24) is 9.97 Å². The number of benzene rings is 1. The molecule has 1 aromatic heterocycles. The van der Waals surface area contributed by atoms with Gasteiger partial charge in [0.2, 0.25) is 0 Å². The van der Waals surface area contributed by atoms with Crippen molar-refractivity contribution in [2.24, 2.45) is 5.92 Å². The number of nitrogens with zero attached hydrogens (tertiary/aromatic N) is 1. The van der Waals surface area contributed by atoms with Crippen molar-refractivity contribution in [2.45, 2.75) is 20.3 Å². The zero-order valence-corrected chi connectivity index (χ0v) is 13.1. The Kier molecular flexibility index (Phi) is 4.47. The Morgan fingerprint density at radius 2 is 2.11 bits per heavy atom. The first-order chi connectivity index (χ1) is 8.95. The summed E-state index contributed by atoms with van der Waals surface area (Å²) in [5, 5.41) is 0. The lowest BCUT2D eigenvalue weighted by atomic mass is 10.1. The molecular weight excluding hydrogens is 327 g/mol. The number of hydrogen-bond donors (Lipinski definition) is 1. The third-order valence-electron chi connectivity index (χ3n) is 2.62. The van der Waals surface area contributed by atoms with Crippen LogP contribution in [0.5, 0.6) is 0 Å².